The molecule has 0 aliphatic carbocycles. The van der Waals surface area contributed by atoms with Crippen LogP contribution in [0.4, 0.5) is 0 Å². The second-order valence-electron chi connectivity index (χ2n) is 5.90. The summed E-state index contributed by atoms with van der Waals surface area (Å²) in [6, 6.07) is 14.4. The van der Waals surface area contributed by atoms with E-state index in [1.54, 1.807) is 24.3 Å². The number of hydrogen-bond donors (Lipinski definition) is 1. The molecular formula is C18H17BrN2O2. The van der Waals surface area contributed by atoms with E-state index in [1.807, 2.05) is 38.1 Å². The molecule has 1 heterocycles. The molecule has 0 spiro atoms. The van der Waals surface area contributed by atoms with Gasteiger partial charge in [0.2, 0.25) is 0 Å². The summed E-state index contributed by atoms with van der Waals surface area (Å²) >= 11 is 3.40. The van der Waals surface area contributed by atoms with Crippen molar-refractivity contribution >= 4 is 27.7 Å². The van der Waals surface area contributed by atoms with Crippen LogP contribution >= 0.6 is 15.9 Å². The molecule has 0 aromatic heterocycles. The smallest absolute Gasteiger partial charge is 0.267 e. The van der Waals surface area contributed by atoms with Gasteiger partial charge in [0.25, 0.3) is 11.8 Å². The molecule has 0 saturated carbocycles. The number of carbonyl (C=O) groups excluding carboxylic acids is 2. The third-order valence-electron chi connectivity index (χ3n) is 3.95. The van der Waals surface area contributed by atoms with Crippen molar-refractivity contribution in [2.45, 2.75) is 19.9 Å². The summed E-state index contributed by atoms with van der Waals surface area (Å²) in [6.45, 7) is 4.08. The zero-order chi connectivity index (χ0) is 16.6. The van der Waals surface area contributed by atoms with Crippen LogP contribution in [0, 0.1) is 5.92 Å². The summed E-state index contributed by atoms with van der Waals surface area (Å²) in [5.74, 6) is -0.279. The Kier molecular flexibility index (Phi) is 4.22. The fourth-order valence-electron chi connectivity index (χ4n) is 2.91. The molecule has 2 amide bonds. The van der Waals surface area contributed by atoms with Gasteiger partial charge in [0.05, 0.1) is 6.04 Å². The number of amides is 2. The molecule has 0 saturated heterocycles. The van der Waals surface area contributed by atoms with Gasteiger partial charge in [0, 0.05) is 15.6 Å². The van der Waals surface area contributed by atoms with E-state index in [1.165, 1.54) is 5.01 Å². The van der Waals surface area contributed by atoms with Crippen LogP contribution in [0.5, 0.6) is 0 Å². The van der Waals surface area contributed by atoms with Crippen molar-refractivity contribution in [2.24, 2.45) is 5.92 Å². The summed E-state index contributed by atoms with van der Waals surface area (Å²) < 4.78 is 0.850. The predicted octanol–water partition coefficient (Wildman–Crippen LogP) is 3.95. The van der Waals surface area contributed by atoms with Crippen molar-refractivity contribution in [3.8, 4) is 0 Å². The van der Waals surface area contributed by atoms with Gasteiger partial charge in [-0.05, 0) is 35.7 Å². The lowest BCUT2D eigenvalue weighted by molar-refractivity contribution is 0.0474. The highest BCUT2D eigenvalue weighted by Gasteiger charge is 2.39. The van der Waals surface area contributed by atoms with Crippen LogP contribution < -0.4 is 5.43 Å². The third kappa shape index (κ3) is 2.88. The first-order valence-electron chi connectivity index (χ1n) is 7.48. The normalized spacial score (nSPS) is 16.6. The predicted molar refractivity (Wildman–Crippen MR) is 91.8 cm³/mol. The largest absolute Gasteiger partial charge is 0.273 e. The first kappa shape index (κ1) is 15.7. The highest BCUT2D eigenvalue weighted by Crippen LogP contribution is 2.38. The molecule has 0 bridgehead atoms. The van der Waals surface area contributed by atoms with E-state index >= 15 is 0 Å². The molecule has 2 aromatic carbocycles. The molecule has 118 valence electrons. The Bertz CT molecular complexity index is 759. The highest BCUT2D eigenvalue weighted by atomic mass is 79.9. The average molecular weight is 373 g/mol. The van der Waals surface area contributed by atoms with Crippen LogP contribution in [-0.4, -0.2) is 16.8 Å². The molecule has 1 unspecified atom stereocenters. The Balaban J connectivity index is 1.93. The van der Waals surface area contributed by atoms with E-state index in [-0.39, 0.29) is 23.8 Å². The number of carbonyl (C=O) groups is 2. The molecule has 1 N–H and O–H groups in total. The summed E-state index contributed by atoms with van der Waals surface area (Å²) in [6.07, 6.45) is 0. The lowest BCUT2D eigenvalue weighted by Gasteiger charge is -2.28. The minimum Gasteiger partial charge on any atom is -0.267 e. The molecule has 1 aliphatic heterocycles. The Morgan fingerprint density at radius 1 is 1.17 bits per heavy atom. The van der Waals surface area contributed by atoms with Crippen molar-refractivity contribution in [1.82, 2.24) is 10.4 Å². The molecule has 4 nitrogen and oxygen atoms in total. The Morgan fingerprint density at radius 3 is 2.52 bits per heavy atom. The molecule has 0 fully saturated rings. The second kappa shape index (κ2) is 6.16. The van der Waals surface area contributed by atoms with E-state index in [0.29, 0.717) is 11.1 Å². The van der Waals surface area contributed by atoms with Crippen LogP contribution in [0.2, 0.25) is 0 Å². The molecular weight excluding hydrogens is 356 g/mol. The van der Waals surface area contributed by atoms with Gasteiger partial charge in [-0.15, -0.1) is 0 Å². The Morgan fingerprint density at radius 2 is 1.87 bits per heavy atom. The zero-order valence-corrected chi connectivity index (χ0v) is 14.5. The topological polar surface area (TPSA) is 49.4 Å². The number of benzene rings is 2. The van der Waals surface area contributed by atoms with Gasteiger partial charge in [-0.3, -0.25) is 15.0 Å². The lowest BCUT2D eigenvalue weighted by Crippen LogP contribution is -2.45. The number of fused-ring (bicyclic) bond motifs is 1. The maximum Gasteiger partial charge on any atom is 0.273 e. The first-order valence-corrected chi connectivity index (χ1v) is 8.27. The van der Waals surface area contributed by atoms with Crippen molar-refractivity contribution in [3.05, 3.63) is 69.7 Å². The first-order chi connectivity index (χ1) is 11.0. The van der Waals surface area contributed by atoms with Crippen LogP contribution in [0.3, 0.4) is 0 Å². The molecule has 3 rings (SSSR count). The number of hydrazine groups is 1. The van der Waals surface area contributed by atoms with Gasteiger partial charge in [0.15, 0.2) is 0 Å². The van der Waals surface area contributed by atoms with Crippen molar-refractivity contribution in [3.63, 3.8) is 0 Å². The van der Waals surface area contributed by atoms with Crippen molar-refractivity contribution in [2.75, 3.05) is 0 Å². The summed E-state index contributed by atoms with van der Waals surface area (Å²) in [5.41, 5.74) is 4.88. The fourth-order valence-corrected chi connectivity index (χ4v) is 3.27. The molecule has 5 heteroatoms. The quantitative estimate of drug-likeness (QED) is 0.886. The van der Waals surface area contributed by atoms with E-state index in [0.717, 1.165) is 10.0 Å². The van der Waals surface area contributed by atoms with E-state index in [4.69, 9.17) is 0 Å². The average Bonchev–Trinajstić information content (AvgIpc) is 2.81. The summed E-state index contributed by atoms with van der Waals surface area (Å²) in [4.78, 5) is 25.1. The number of nitrogens with zero attached hydrogens (tertiary/aromatic N) is 1. The van der Waals surface area contributed by atoms with Crippen molar-refractivity contribution in [1.29, 1.82) is 0 Å². The molecule has 23 heavy (non-hydrogen) atoms. The second-order valence-corrected chi connectivity index (χ2v) is 6.82. The van der Waals surface area contributed by atoms with E-state index in [2.05, 4.69) is 21.4 Å². The SMILES string of the molecule is CC(C)C1c2ccc(Br)cc2C(=O)N1NC(=O)c1ccccc1. The highest BCUT2D eigenvalue weighted by molar-refractivity contribution is 9.10. The van der Waals surface area contributed by atoms with Crippen LogP contribution in [-0.2, 0) is 0 Å². The third-order valence-corrected chi connectivity index (χ3v) is 4.44. The Labute approximate surface area is 143 Å². The molecule has 1 atom stereocenters. The summed E-state index contributed by atoms with van der Waals surface area (Å²) in [7, 11) is 0. The molecule has 0 radical (unpaired) electrons. The lowest BCUT2D eigenvalue weighted by atomic mass is 9.96. The monoisotopic (exact) mass is 372 g/mol. The maximum absolute atomic E-state index is 12.7. The summed E-state index contributed by atoms with van der Waals surface area (Å²) in [5, 5.41) is 1.46. The zero-order valence-electron chi connectivity index (χ0n) is 12.9. The molecule has 1 aliphatic rings. The van der Waals surface area contributed by atoms with E-state index in [9.17, 15) is 9.59 Å². The van der Waals surface area contributed by atoms with Crippen LogP contribution in [0.1, 0.15) is 46.2 Å². The standard InChI is InChI=1S/C18H17BrN2O2/c1-11(2)16-14-9-8-13(19)10-15(14)18(23)21(16)20-17(22)12-6-4-3-5-7-12/h3-11,16H,1-2H3,(H,20,22). The van der Waals surface area contributed by atoms with Gasteiger partial charge < -0.3 is 0 Å². The van der Waals surface area contributed by atoms with Gasteiger partial charge in [-0.25, -0.2) is 5.01 Å². The maximum atomic E-state index is 12.7. The number of rotatable bonds is 3. The van der Waals surface area contributed by atoms with Gasteiger partial charge in [0.1, 0.15) is 0 Å². The van der Waals surface area contributed by atoms with Crippen molar-refractivity contribution < 1.29 is 9.59 Å². The molecule has 2 aromatic rings. The van der Waals surface area contributed by atoms with Gasteiger partial charge >= 0.3 is 0 Å². The Hall–Kier alpha value is -2.14. The number of hydrogen-bond acceptors (Lipinski definition) is 2. The minimum absolute atomic E-state index is 0.168. The fraction of sp³-hybridized carbons (Fsp3) is 0.222. The number of halogens is 1. The van der Waals surface area contributed by atoms with Gasteiger partial charge in [-0.2, -0.15) is 0 Å². The van der Waals surface area contributed by atoms with Crippen LogP contribution in [0.25, 0.3) is 0 Å². The van der Waals surface area contributed by atoms with E-state index < -0.39 is 0 Å². The van der Waals surface area contributed by atoms with Gasteiger partial charge in [-0.1, -0.05) is 54.0 Å². The van der Waals surface area contributed by atoms with Crippen LogP contribution in [0.15, 0.2) is 53.0 Å². The number of nitrogens with one attached hydrogen (secondary N) is 1. The minimum atomic E-state index is -0.281.